The van der Waals surface area contributed by atoms with E-state index in [0.717, 1.165) is 25.8 Å². The highest BCUT2D eigenvalue weighted by molar-refractivity contribution is 7.89. The number of nitrogens with zero attached hydrogens (tertiary/aromatic N) is 2. The number of hydrogen-bond acceptors (Lipinski definition) is 4. The zero-order valence-electron chi connectivity index (χ0n) is 13.5. The van der Waals surface area contributed by atoms with Gasteiger partial charge in [0.05, 0.1) is 0 Å². The van der Waals surface area contributed by atoms with E-state index in [4.69, 9.17) is 5.73 Å². The van der Waals surface area contributed by atoms with Crippen LogP contribution in [0.2, 0.25) is 0 Å². The first kappa shape index (κ1) is 20.0. The summed E-state index contributed by atoms with van der Waals surface area (Å²) in [5, 5.41) is 3.12. The van der Waals surface area contributed by atoms with E-state index >= 15 is 0 Å². The summed E-state index contributed by atoms with van der Waals surface area (Å²) in [5.41, 5.74) is 5.44. The normalized spacial score (nSPS) is 17.0. The van der Waals surface area contributed by atoms with Crippen LogP contribution in [0.1, 0.15) is 29.8 Å². The summed E-state index contributed by atoms with van der Waals surface area (Å²) in [4.78, 5) is 11.4. The van der Waals surface area contributed by atoms with E-state index in [2.05, 4.69) is 5.32 Å². The smallest absolute Gasteiger partial charge is 0.265 e. The van der Waals surface area contributed by atoms with Crippen molar-refractivity contribution in [2.75, 3.05) is 26.7 Å². The molecule has 132 valence electrons. The Morgan fingerprint density at radius 2 is 2.00 bits per heavy atom. The van der Waals surface area contributed by atoms with Gasteiger partial charge in [0.1, 0.15) is 10.6 Å². The van der Waals surface area contributed by atoms with Gasteiger partial charge in [-0.15, -0.1) is 12.4 Å². The van der Waals surface area contributed by atoms with Crippen molar-refractivity contribution in [2.45, 2.75) is 24.2 Å². The van der Waals surface area contributed by atoms with Crippen molar-refractivity contribution in [2.24, 2.45) is 18.7 Å². The van der Waals surface area contributed by atoms with E-state index in [-0.39, 0.29) is 23.0 Å². The summed E-state index contributed by atoms with van der Waals surface area (Å²) in [5.74, 6) is -0.0643. The van der Waals surface area contributed by atoms with Gasteiger partial charge in [-0.25, -0.2) is 8.42 Å². The second-order valence-corrected chi connectivity index (χ2v) is 7.71. The predicted molar refractivity (Wildman–Crippen MR) is 91.2 cm³/mol. The van der Waals surface area contributed by atoms with Gasteiger partial charge in [-0.2, -0.15) is 4.31 Å². The highest BCUT2D eigenvalue weighted by Gasteiger charge is 2.30. The fraction of sp³-hybridized carbons (Fsp3) is 0.643. The van der Waals surface area contributed by atoms with Gasteiger partial charge in [-0.1, -0.05) is 0 Å². The fourth-order valence-electron chi connectivity index (χ4n) is 2.86. The Labute approximate surface area is 143 Å². The summed E-state index contributed by atoms with van der Waals surface area (Å²) < 4.78 is 28.2. The number of carbonyl (C=O) groups is 1. The molecule has 2 heterocycles. The van der Waals surface area contributed by atoms with E-state index in [1.807, 2.05) is 7.05 Å². The average Bonchev–Trinajstić information content (AvgIpc) is 2.88. The van der Waals surface area contributed by atoms with Gasteiger partial charge in [0.2, 0.25) is 10.0 Å². The van der Waals surface area contributed by atoms with Crippen LogP contribution in [0.5, 0.6) is 0 Å². The minimum atomic E-state index is -3.55. The molecule has 1 fully saturated rings. The third-order valence-corrected chi connectivity index (χ3v) is 6.11. The van der Waals surface area contributed by atoms with Gasteiger partial charge in [0.25, 0.3) is 5.91 Å². The molecule has 3 N–H and O–H groups in total. The maximum Gasteiger partial charge on any atom is 0.265 e. The van der Waals surface area contributed by atoms with Crippen LogP contribution >= 0.6 is 12.4 Å². The van der Waals surface area contributed by atoms with Gasteiger partial charge in [0, 0.05) is 26.3 Å². The molecule has 0 aliphatic carbocycles. The molecular formula is C14H25ClN4O3S. The van der Waals surface area contributed by atoms with Crippen LogP contribution in [0.3, 0.4) is 0 Å². The highest BCUT2D eigenvalue weighted by atomic mass is 35.5. The number of carbonyl (C=O) groups excluding carboxylic acids is 1. The minimum Gasteiger partial charge on any atom is -0.364 e. The molecule has 0 unspecified atom stereocenters. The van der Waals surface area contributed by atoms with Crippen molar-refractivity contribution in [1.29, 1.82) is 0 Å². The number of rotatable bonds is 6. The van der Waals surface area contributed by atoms with Crippen LogP contribution in [0.4, 0.5) is 0 Å². The lowest BCUT2D eigenvalue weighted by atomic mass is 9.95. The van der Waals surface area contributed by atoms with Gasteiger partial charge in [0.15, 0.2) is 0 Å². The molecule has 1 aromatic heterocycles. The van der Waals surface area contributed by atoms with E-state index in [0.29, 0.717) is 19.0 Å². The quantitative estimate of drug-likeness (QED) is 0.770. The maximum atomic E-state index is 12.6. The van der Waals surface area contributed by atoms with E-state index in [1.54, 1.807) is 7.05 Å². The Bertz CT molecular complexity index is 636. The average molecular weight is 365 g/mol. The number of nitrogens with two attached hydrogens (primary N) is 1. The number of nitrogens with one attached hydrogen (secondary N) is 1. The van der Waals surface area contributed by atoms with Crippen molar-refractivity contribution < 1.29 is 13.2 Å². The third kappa shape index (κ3) is 4.47. The second kappa shape index (κ2) is 8.14. The first-order valence-electron chi connectivity index (χ1n) is 7.47. The Balaban J connectivity index is 0.00000264. The van der Waals surface area contributed by atoms with Crippen LogP contribution in [0.25, 0.3) is 0 Å². The largest absolute Gasteiger partial charge is 0.364 e. The molecule has 1 aromatic rings. The maximum absolute atomic E-state index is 12.6. The SMILES string of the molecule is CNCCC1CCN(S(=O)(=O)c2cc(C(N)=O)n(C)c2)CC1.Cl. The molecule has 0 saturated carbocycles. The second-order valence-electron chi connectivity index (χ2n) is 5.78. The lowest BCUT2D eigenvalue weighted by Gasteiger charge is -2.30. The number of amides is 1. The van der Waals surface area contributed by atoms with E-state index < -0.39 is 15.9 Å². The van der Waals surface area contributed by atoms with Crippen LogP contribution in [0, 0.1) is 5.92 Å². The monoisotopic (exact) mass is 364 g/mol. The topological polar surface area (TPSA) is 97.4 Å². The molecule has 1 saturated heterocycles. The number of halogens is 1. The molecule has 7 nitrogen and oxygen atoms in total. The molecule has 0 spiro atoms. The van der Waals surface area contributed by atoms with Gasteiger partial charge >= 0.3 is 0 Å². The fourth-order valence-corrected chi connectivity index (χ4v) is 4.40. The number of aromatic nitrogens is 1. The standard InChI is InChI=1S/C14H24N4O3S.ClH/c1-16-6-3-11-4-7-18(8-5-11)22(20,21)12-9-13(14(15)19)17(2)10-12;/h9-11,16H,3-8H2,1-2H3,(H2,15,19);1H. The number of aryl methyl sites for hydroxylation is 1. The molecule has 23 heavy (non-hydrogen) atoms. The molecule has 0 aromatic carbocycles. The van der Waals surface area contributed by atoms with Gasteiger partial charge < -0.3 is 15.6 Å². The van der Waals surface area contributed by atoms with Crippen molar-refractivity contribution in [3.63, 3.8) is 0 Å². The van der Waals surface area contributed by atoms with Crippen LogP contribution in [-0.2, 0) is 17.1 Å². The zero-order chi connectivity index (χ0) is 16.3. The Kier molecular flexibility index (Phi) is 7.06. The van der Waals surface area contributed by atoms with Crippen molar-refractivity contribution in [1.82, 2.24) is 14.2 Å². The Hall–Kier alpha value is -1.09. The van der Waals surface area contributed by atoms with E-state index in [9.17, 15) is 13.2 Å². The number of sulfonamides is 1. The number of hydrogen-bond donors (Lipinski definition) is 2. The highest BCUT2D eigenvalue weighted by Crippen LogP contribution is 2.26. The molecular weight excluding hydrogens is 340 g/mol. The van der Waals surface area contributed by atoms with Crippen LogP contribution in [-0.4, -0.2) is 49.9 Å². The lowest BCUT2D eigenvalue weighted by Crippen LogP contribution is -2.38. The molecule has 1 amide bonds. The first-order valence-corrected chi connectivity index (χ1v) is 8.91. The van der Waals surface area contributed by atoms with Crippen LogP contribution < -0.4 is 11.1 Å². The summed E-state index contributed by atoms with van der Waals surface area (Å²) >= 11 is 0. The summed E-state index contributed by atoms with van der Waals surface area (Å²) in [6, 6.07) is 1.35. The molecule has 2 rings (SSSR count). The van der Waals surface area contributed by atoms with Crippen molar-refractivity contribution in [3.05, 3.63) is 18.0 Å². The number of primary amides is 1. The molecule has 0 bridgehead atoms. The zero-order valence-corrected chi connectivity index (χ0v) is 15.1. The molecule has 1 aliphatic rings. The predicted octanol–water partition coefficient (Wildman–Crippen LogP) is 0.556. The molecule has 1 aliphatic heterocycles. The van der Waals surface area contributed by atoms with Gasteiger partial charge in [-0.05, 0) is 44.8 Å². The first-order chi connectivity index (χ1) is 10.4. The summed E-state index contributed by atoms with van der Waals surface area (Å²) in [6.45, 7) is 2.01. The Morgan fingerprint density at radius 1 is 1.39 bits per heavy atom. The summed E-state index contributed by atoms with van der Waals surface area (Å²) in [6.07, 6.45) is 4.26. The van der Waals surface area contributed by atoms with E-state index in [1.165, 1.54) is 21.1 Å². The third-order valence-electron chi connectivity index (χ3n) is 4.25. The number of piperidine rings is 1. The van der Waals surface area contributed by atoms with Crippen molar-refractivity contribution >= 4 is 28.3 Å². The molecule has 0 atom stereocenters. The summed E-state index contributed by atoms with van der Waals surface area (Å²) in [7, 11) is -0.0159. The molecule has 9 heteroatoms. The van der Waals surface area contributed by atoms with Crippen molar-refractivity contribution in [3.8, 4) is 0 Å². The molecule has 0 radical (unpaired) electrons. The van der Waals surface area contributed by atoms with Gasteiger partial charge in [-0.3, -0.25) is 4.79 Å². The lowest BCUT2D eigenvalue weighted by molar-refractivity contribution is 0.0992. The van der Waals surface area contributed by atoms with Crippen LogP contribution in [0.15, 0.2) is 17.2 Å². The minimum absolute atomic E-state index is 0. The Morgan fingerprint density at radius 3 is 2.48 bits per heavy atom.